The zero-order valence-corrected chi connectivity index (χ0v) is 16.3. The second kappa shape index (κ2) is 10.8. The number of nitrogens with one attached hydrogen (secondary N) is 1. The van der Waals surface area contributed by atoms with E-state index < -0.39 is 0 Å². The molecule has 1 aliphatic heterocycles. The average Bonchev–Trinajstić information content (AvgIpc) is 2.75. The van der Waals surface area contributed by atoms with Crippen LogP contribution in [0.2, 0.25) is 0 Å². The van der Waals surface area contributed by atoms with Gasteiger partial charge < -0.3 is 24.8 Å². The Morgan fingerprint density at radius 2 is 1.76 bits per heavy atom. The Balaban J connectivity index is 0.000000941. The fraction of sp³-hybridized carbons (Fsp3) is 0.300. The molecule has 0 bridgehead atoms. The maximum atomic E-state index is 12.5. The molecule has 1 aliphatic rings. The average molecular weight is 401 g/mol. The van der Waals surface area contributed by atoms with Gasteiger partial charge in [-0.05, 0) is 37.3 Å². The van der Waals surface area contributed by atoms with E-state index in [9.17, 15) is 9.59 Å². The number of aryl methyl sites for hydroxylation is 1. The van der Waals surface area contributed by atoms with Crippen molar-refractivity contribution in [2.24, 2.45) is 0 Å². The number of aromatic nitrogens is 1. The lowest BCUT2D eigenvalue weighted by Gasteiger charge is -2.26. The summed E-state index contributed by atoms with van der Waals surface area (Å²) in [6, 6.07) is 8.30. The number of rotatable bonds is 4. The van der Waals surface area contributed by atoms with Gasteiger partial charge in [0.05, 0.1) is 31.7 Å². The second-order valence-electron chi connectivity index (χ2n) is 6.02. The summed E-state index contributed by atoms with van der Waals surface area (Å²) in [5.41, 5.74) is 2.26. The fourth-order valence-electron chi connectivity index (χ4n) is 2.82. The number of ether oxygens (including phenoxy) is 2. The minimum Gasteiger partial charge on any atom is -0.493 e. The molecular weight excluding hydrogens is 378 g/mol. The Hall–Kier alpha value is -3.46. The van der Waals surface area contributed by atoms with E-state index in [1.165, 1.54) is 7.11 Å². The van der Waals surface area contributed by atoms with Gasteiger partial charge in [0, 0.05) is 30.4 Å². The predicted octanol–water partition coefficient (Wildman–Crippen LogP) is 1.82. The van der Waals surface area contributed by atoms with Crippen LogP contribution in [0.3, 0.4) is 0 Å². The standard InChI is InChI=1S/C19H21N3O4.CH2O2/c1-13-17(25-2)16(7-8-20-13)21-18(23)14-3-5-15(6-4-14)19(24)22-9-11-26-12-10-22;2-1-3/h3-8H,9-12H2,1-2H3,(H,20,21,23);1H,(H,2,3). The van der Waals surface area contributed by atoms with Gasteiger partial charge in [0.1, 0.15) is 0 Å². The van der Waals surface area contributed by atoms with Crippen molar-refractivity contribution in [3.8, 4) is 5.75 Å². The summed E-state index contributed by atoms with van der Waals surface area (Å²) >= 11 is 0. The number of morpholine rings is 1. The molecule has 0 radical (unpaired) electrons. The number of carboxylic acid groups (broad SMARTS) is 1. The fourth-order valence-corrected chi connectivity index (χ4v) is 2.82. The number of anilines is 1. The van der Waals surface area contributed by atoms with Gasteiger partial charge in [0.25, 0.3) is 18.3 Å². The highest BCUT2D eigenvalue weighted by molar-refractivity contribution is 6.05. The minimum absolute atomic E-state index is 0.0494. The maximum Gasteiger partial charge on any atom is 0.290 e. The van der Waals surface area contributed by atoms with Crippen molar-refractivity contribution in [1.82, 2.24) is 9.88 Å². The third-order valence-corrected chi connectivity index (χ3v) is 4.23. The number of carbonyl (C=O) groups excluding carboxylic acids is 2. The SMILES string of the molecule is COc1c(NC(=O)c2ccc(C(=O)N3CCOCC3)cc2)ccnc1C.O=CO. The first-order chi connectivity index (χ1) is 14.0. The van der Waals surface area contributed by atoms with E-state index in [1.54, 1.807) is 48.4 Å². The molecule has 1 fully saturated rings. The highest BCUT2D eigenvalue weighted by Crippen LogP contribution is 2.26. The van der Waals surface area contributed by atoms with Crippen LogP contribution in [0.4, 0.5) is 5.69 Å². The van der Waals surface area contributed by atoms with E-state index in [0.29, 0.717) is 54.6 Å². The molecule has 3 rings (SSSR count). The van der Waals surface area contributed by atoms with Crippen molar-refractivity contribution >= 4 is 24.0 Å². The largest absolute Gasteiger partial charge is 0.493 e. The Morgan fingerprint density at radius 3 is 2.34 bits per heavy atom. The Kier molecular flexibility index (Phi) is 8.11. The van der Waals surface area contributed by atoms with Crippen LogP contribution in [-0.2, 0) is 9.53 Å². The summed E-state index contributed by atoms with van der Waals surface area (Å²) in [7, 11) is 1.53. The van der Waals surface area contributed by atoms with Crippen molar-refractivity contribution in [3.05, 3.63) is 53.3 Å². The zero-order chi connectivity index (χ0) is 21.2. The molecule has 0 saturated carbocycles. The lowest BCUT2D eigenvalue weighted by Crippen LogP contribution is -2.40. The molecule has 2 aromatic rings. The molecule has 2 heterocycles. The van der Waals surface area contributed by atoms with Gasteiger partial charge in [0.15, 0.2) is 5.75 Å². The lowest BCUT2D eigenvalue weighted by molar-refractivity contribution is -0.122. The van der Waals surface area contributed by atoms with E-state index in [-0.39, 0.29) is 18.3 Å². The van der Waals surface area contributed by atoms with Crippen LogP contribution < -0.4 is 10.1 Å². The van der Waals surface area contributed by atoms with Gasteiger partial charge in [-0.2, -0.15) is 0 Å². The summed E-state index contributed by atoms with van der Waals surface area (Å²) in [6.07, 6.45) is 1.61. The number of benzene rings is 1. The summed E-state index contributed by atoms with van der Waals surface area (Å²) in [5, 5.41) is 9.70. The van der Waals surface area contributed by atoms with Crippen LogP contribution in [0.5, 0.6) is 5.75 Å². The zero-order valence-electron chi connectivity index (χ0n) is 16.3. The first-order valence-electron chi connectivity index (χ1n) is 8.87. The van der Waals surface area contributed by atoms with Crippen molar-refractivity contribution in [2.45, 2.75) is 6.92 Å². The van der Waals surface area contributed by atoms with Gasteiger partial charge in [-0.3, -0.25) is 19.4 Å². The molecule has 1 aromatic carbocycles. The maximum absolute atomic E-state index is 12.5. The third-order valence-electron chi connectivity index (χ3n) is 4.23. The minimum atomic E-state index is -0.278. The summed E-state index contributed by atoms with van der Waals surface area (Å²) in [6.45, 7) is 3.84. The summed E-state index contributed by atoms with van der Waals surface area (Å²) in [4.78, 5) is 39.2. The summed E-state index contributed by atoms with van der Waals surface area (Å²) < 4.78 is 10.6. The number of amides is 2. The topological polar surface area (TPSA) is 118 Å². The molecule has 0 unspecified atom stereocenters. The predicted molar refractivity (Wildman–Crippen MR) is 105 cm³/mol. The molecule has 0 spiro atoms. The van der Waals surface area contributed by atoms with Crippen LogP contribution in [0.15, 0.2) is 36.5 Å². The number of methoxy groups -OCH3 is 1. The van der Waals surface area contributed by atoms with Gasteiger partial charge in [0.2, 0.25) is 0 Å². The molecule has 2 N–H and O–H groups in total. The van der Waals surface area contributed by atoms with Crippen LogP contribution >= 0.6 is 0 Å². The number of pyridine rings is 1. The van der Waals surface area contributed by atoms with Gasteiger partial charge >= 0.3 is 0 Å². The molecule has 0 atom stereocenters. The number of carbonyl (C=O) groups is 3. The molecule has 2 amide bonds. The molecule has 1 aromatic heterocycles. The number of hydrogen-bond donors (Lipinski definition) is 2. The number of hydrogen-bond acceptors (Lipinski definition) is 6. The summed E-state index contributed by atoms with van der Waals surface area (Å²) in [5.74, 6) is 0.200. The molecule has 9 heteroatoms. The van der Waals surface area contributed by atoms with Crippen molar-refractivity contribution in [3.63, 3.8) is 0 Å². The first kappa shape index (κ1) is 21.8. The third kappa shape index (κ3) is 5.76. The highest BCUT2D eigenvalue weighted by Gasteiger charge is 2.19. The van der Waals surface area contributed by atoms with Gasteiger partial charge in [-0.15, -0.1) is 0 Å². The second-order valence-corrected chi connectivity index (χ2v) is 6.02. The molecule has 9 nitrogen and oxygen atoms in total. The van der Waals surface area contributed by atoms with Crippen LogP contribution in [0, 0.1) is 6.92 Å². The molecule has 29 heavy (non-hydrogen) atoms. The van der Waals surface area contributed by atoms with Crippen molar-refractivity contribution in [1.29, 1.82) is 0 Å². The van der Waals surface area contributed by atoms with E-state index >= 15 is 0 Å². The van der Waals surface area contributed by atoms with Crippen LogP contribution in [-0.4, -0.2) is 66.7 Å². The lowest BCUT2D eigenvalue weighted by atomic mass is 10.1. The highest BCUT2D eigenvalue weighted by atomic mass is 16.5. The Labute approximate surface area is 168 Å². The first-order valence-corrected chi connectivity index (χ1v) is 8.87. The quantitative estimate of drug-likeness (QED) is 0.750. The van der Waals surface area contributed by atoms with Crippen molar-refractivity contribution < 1.29 is 29.0 Å². The van der Waals surface area contributed by atoms with Crippen LogP contribution in [0.25, 0.3) is 0 Å². The monoisotopic (exact) mass is 401 g/mol. The van der Waals surface area contributed by atoms with Crippen molar-refractivity contribution in [2.75, 3.05) is 38.7 Å². The van der Waals surface area contributed by atoms with E-state index in [1.807, 2.05) is 0 Å². The van der Waals surface area contributed by atoms with E-state index in [0.717, 1.165) is 0 Å². The molecule has 0 aliphatic carbocycles. The van der Waals surface area contributed by atoms with Crippen LogP contribution in [0.1, 0.15) is 26.4 Å². The molecule has 1 saturated heterocycles. The number of nitrogens with zero attached hydrogens (tertiary/aromatic N) is 2. The Morgan fingerprint density at radius 1 is 1.17 bits per heavy atom. The Bertz CT molecular complexity index is 848. The van der Waals surface area contributed by atoms with Gasteiger partial charge in [-0.25, -0.2) is 0 Å². The molecule has 154 valence electrons. The molecular formula is C20H23N3O6. The van der Waals surface area contributed by atoms with Gasteiger partial charge in [-0.1, -0.05) is 0 Å². The normalized spacial score (nSPS) is 13.0. The smallest absolute Gasteiger partial charge is 0.290 e. The van der Waals surface area contributed by atoms with E-state index in [2.05, 4.69) is 10.3 Å². The van der Waals surface area contributed by atoms with E-state index in [4.69, 9.17) is 19.4 Å².